The van der Waals surface area contributed by atoms with Crippen molar-refractivity contribution < 1.29 is 39.0 Å². The van der Waals surface area contributed by atoms with E-state index in [1.807, 2.05) is 27.7 Å². The van der Waals surface area contributed by atoms with Crippen molar-refractivity contribution >= 4 is 0 Å². The summed E-state index contributed by atoms with van der Waals surface area (Å²) in [6.07, 6.45) is 0.793. The number of rotatable bonds is 12. The van der Waals surface area contributed by atoms with Crippen molar-refractivity contribution in [2.75, 3.05) is 67.1 Å². The van der Waals surface area contributed by atoms with E-state index in [9.17, 15) is 5.11 Å². The van der Waals surface area contributed by atoms with Crippen LogP contribution < -0.4 is 0 Å². The van der Waals surface area contributed by atoms with E-state index in [1.54, 1.807) is 0 Å². The van der Waals surface area contributed by atoms with Crippen molar-refractivity contribution in [1.82, 2.24) is 0 Å². The van der Waals surface area contributed by atoms with Gasteiger partial charge in [-0.15, -0.1) is 0 Å². The molecular formula is C21H50O8. The first-order chi connectivity index (χ1) is 14.2. The minimum atomic E-state index is -0.812. The predicted octanol–water partition coefficient (Wildman–Crippen LogP) is 2.48. The lowest BCUT2D eigenvalue weighted by molar-refractivity contribution is -0.216. The molecule has 0 aromatic carbocycles. The molecule has 1 saturated heterocycles. The molecule has 0 amide bonds. The van der Waals surface area contributed by atoms with Crippen LogP contribution in [0.5, 0.6) is 0 Å². The fourth-order valence-corrected chi connectivity index (χ4v) is 2.05. The molecule has 0 radical (unpaired) electrons. The zero-order valence-corrected chi connectivity index (χ0v) is 20.2. The van der Waals surface area contributed by atoms with Crippen molar-refractivity contribution in [2.24, 2.45) is 5.92 Å². The first kappa shape index (κ1) is 36.1. The minimum Gasteiger partial charge on any atom is -0.400 e. The fraction of sp³-hybridized carbons (Fsp3) is 1.00. The van der Waals surface area contributed by atoms with Crippen molar-refractivity contribution in [1.29, 1.82) is 0 Å². The maximum atomic E-state index is 9.63. The van der Waals surface area contributed by atoms with Crippen LogP contribution in [-0.4, -0.2) is 94.8 Å². The van der Waals surface area contributed by atoms with Gasteiger partial charge in [0, 0.05) is 20.8 Å². The summed E-state index contributed by atoms with van der Waals surface area (Å²) in [5.41, 5.74) is 0. The van der Waals surface area contributed by atoms with Gasteiger partial charge in [0.25, 0.3) is 0 Å². The minimum absolute atomic E-state index is 0.246. The number of hydrogen-bond donors (Lipinski definition) is 3. The van der Waals surface area contributed by atoms with Crippen LogP contribution in [0.3, 0.4) is 0 Å². The predicted molar refractivity (Wildman–Crippen MR) is 117 cm³/mol. The normalized spacial score (nSPS) is 19.8. The standard InChI is InChI=1S/C15H30O6.2C2H6.2CH4O/c1-3-4-17-5-6-18-7-8-19-9-10-20-14-11-13(2)12-21-15(14)16;4*1-2/h13-16H,3-12H2,1-2H3;2*1-2H3;2*2H,1H3. The van der Waals surface area contributed by atoms with Gasteiger partial charge in [-0.25, -0.2) is 0 Å². The zero-order chi connectivity index (χ0) is 23.3. The van der Waals surface area contributed by atoms with Crippen molar-refractivity contribution in [2.45, 2.75) is 66.8 Å². The Bertz CT molecular complexity index is 245. The molecule has 1 aliphatic rings. The second kappa shape index (κ2) is 35.1. The molecule has 3 unspecified atom stereocenters. The van der Waals surface area contributed by atoms with Gasteiger partial charge < -0.3 is 39.0 Å². The Hall–Kier alpha value is -0.320. The molecule has 0 spiro atoms. The fourth-order valence-electron chi connectivity index (χ4n) is 2.05. The first-order valence-corrected chi connectivity index (χ1v) is 10.8. The lowest BCUT2D eigenvalue weighted by atomic mass is 10.0. The molecular weight excluding hydrogens is 380 g/mol. The molecule has 1 aliphatic heterocycles. The number of hydrogen-bond acceptors (Lipinski definition) is 8. The van der Waals surface area contributed by atoms with Crippen LogP contribution in [0.25, 0.3) is 0 Å². The molecule has 3 N–H and O–H groups in total. The summed E-state index contributed by atoms with van der Waals surface area (Å²) in [7, 11) is 2.00. The maximum Gasteiger partial charge on any atom is 0.181 e. The first-order valence-electron chi connectivity index (χ1n) is 10.8. The smallest absolute Gasteiger partial charge is 0.181 e. The molecule has 0 aliphatic carbocycles. The topological polar surface area (TPSA) is 107 Å². The monoisotopic (exact) mass is 430 g/mol. The zero-order valence-electron chi connectivity index (χ0n) is 20.2. The quantitative estimate of drug-likeness (QED) is 0.405. The summed E-state index contributed by atoms with van der Waals surface area (Å²) >= 11 is 0. The van der Waals surface area contributed by atoms with E-state index >= 15 is 0 Å². The van der Waals surface area contributed by atoms with Gasteiger partial charge >= 0.3 is 0 Å². The summed E-state index contributed by atoms with van der Waals surface area (Å²) in [4.78, 5) is 0. The van der Waals surface area contributed by atoms with E-state index in [0.29, 0.717) is 52.2 Å². The van der Waals surface area contributed by atoms with Gasteiger partial charge in [0.1, 0.15) is 6.10 Å². The van der Waals surface area contributed by atoms with Crippen LogP contribution in [0.15, 0.2) is 0 Å². The Kier molecular flexibility index (Phi) is 43.7. The Labute approximate surface area is 179 Å². The molecule has 1 heterocycles. The second-order valence-electron chi connectivity index (χ2n) is 5.31. The third-order valence-electron chi connectivity index (χ3n) is 3.16. The Balaban J connectivity index is -0.000000347. The number of aliphatic hydroxyl groups is 3. The van der Waals surface area contributed by atoms with E-state index in [2.05, 4.69) is 13.8 Å². The lowest BCUT2D eigenvalue weighted by Gasteiger charge is -2.31. The van der Waals surface area contributed by atoms with Crippen molar-refractivity contribution in [3.63, 3.8) is 0 Å². The van der Waals surface area contributed by atoms with Gasteiger partial charge in [-0.1, -0.05) is 41.5 Å². The Morgan fingerprint density at radius 2 is 1.17 bits per heavy atom. The SMILES string of the molecule is CC.CC.CCCOCCOCCOCCOC1CC(C)COC1O.CO.CO. The molecule has 3 atom stereocenters. The van der Waals surface area contributed by atoms with Gasteiger partial charge in [-0.05, 0) is 18.8 Å². The molecule has 0 bridgehead atoms. The molecule has 182 valence electrons. The molecule has 8 heteroatoms. The van der Waals surface area contributed by atoms with E-state index in [1.165, 1.54) is 0 Å². The number of ether oxygens (including phenoxy) is 5. The van der Waals surface area contributed by atoms with E-state index in [4.69, 9.17) is 33.9 Å². The second-order valence-corrected chi connectivity index (χ2v) is 5.31. The summed E-state index contributed by atoms with van der Waals surface area (Å²) in [6, 6.07) is 0. The van der Waals surface area contributed by atoms with Gasteiger partial charge in [0.15, 0.2) is 6.29 Å². The van der Waals surface area contributed by atoms with Crippen molar-refractivity contribution in [3.8, 4) is 0 Å². The third-order valence-corrected chi connectivity index (χ3v) is 3.16. The average Bonchev–Trinajstić information content (AvgIpc) is 2.80. The van der Waals surface area contributed by atoms with Crippen LogP contribution in [0.2, 0.25) is 0 Å². The highest BCUT2D eigenvalue weighted by atomic mass is 16.6. The van der Waals surface area contributed by atoms with Crippen LogP contribution in [0.4, 0.5) is 0 Å². The van der Waals surface area contributed by atoms with Crippen LogP contribution in [0.1, 0.15) is 54.4 Å². The molecule has 1 rings (SSSR count). The largest absolute Gasteiger partial charge is 0.400 e. The third kappa shape index (κ3) is 27.7. The molecule has 0 saturated carbocycles. The summed E-state index contributed by atoms with van der Waals surface area (Å²) < 4.78 is 26.8. The maximum absolute atomic E-state index is 9.63. The molecule has 8 nitrogen and oxygen atoms in total. The van der Waals surface area contributed by atoms with E-state index < -0.39 is 6.29 Å². The van der Waals surface area contributed by atoms with Crippen LogP contribution in [0, 0.1) is 5.92 Å². The van der Waals surface area contributed by atoms with E-state index in [0.717, 1.165) is 33.7 Å². The van der Waals surface area contributed by atoms with Gasteiger partial charge in [-0.2, -0.15) is 0 Å². The Morgan fingerprint density at radius 1 is 0.759 bits per heavy atom. The lowest BCUT2D eigenvalue weighted by Crippen LogP contribution is -2.40. The van der Waals surface area contributed by atoms with Gasteiger partial charge in [0.2, 0.25) is 0 Å². The molecule has 0 aromatic rings. The highest BCUT2D eigenvalue weighted by Gasteiger charge is 2.28. The highest BCUT2D eigenvalue weighted by molar-refractivity contribution is 4.71. The van der Waals surface area contributed by atoms with E-state index in [-0.39, 0.29) is 6.10 Å². The Morgan fingerprint density at radius 3 is 1.62 bits per heavy atom. The molecule has 0 aromatic heterocycles. The molecule has 29 heavy (non-hydrogen) atoms. The van der Waals surface area contributed by atoms with Gasteiger partial charge in [-0.3, -0.25) is 0 Å². The van der Waals surface area contributed by atoms with Crippen molar-refractivity contribution in [3.05, 3.63) is 0 Å². The summed E-state index contributed by atoms with van der Waals surface area (Å²) in [6.45, 7) is 16.8. The van der Waals surface area contributed by atoms with Gasteiger partial charge in [0.05, 0.1) is 46.2 Å². The van der Waals surface area contributed by atoms with Crippen LogP contribution >= 0.6 is 0 Å². The highest BCUT2D eigenvalue weighted by Crippen LogP contribution is 2.20. The summed E-state index contributed by atoms with van der Waals surface area (Å²) in [5.74, 6) is 0.419. The summed E-state index contributed by atoms with van der Waals surface area (Å²) in [5, 5.41) is 23.6. The number of aliphatic hydroxyl groups excluding tert-OH is 3. The van der Waals surface area contributed by atoms with Crippen LogP contribution in [-0.2, 0) is 23.7 Å². The molecule has 1 fully saturated rings. The average molecular weight is 431 g/mol.